The van der Waals surface area contributed by atoms with Crippen molar-refractivity contribution in [2.24, 2.45) is 0 Å². The number of halogens is 1. The molecule has 4 aromatic rings. The number of benzene rings is 2. The molecule has 0 bridgehead atoms. The maximum atomic E-state index is 13.3. The predicted octanol–water partition coefficient (Wildman–Crippen LogP) is 4.16. The van der Waals surface area contributed by atoms with Gasteiger partial charge in [-0.25, -0.2) is 4.39 Å². The van der Waals surface area contributed by atoms with Gasteiger partial charge in [0.15, 0.2) is 0 Å². The number of pyridine rings is 1. The molecule has 1 N–H and O–H groups in total. The Labute approximate surface area is 194 Å². The Morgan fingerprint density at radius 3 is 2.59 bits per heavy atom. The number of fused-ring (bicyclic) bond motifs is 1. The van der Waals surface area contributed by atoms with Gasteiger partial charge in [0, 0.05) is 12.7 Å². The van der Waals surface area contributed by atoms with E-state index in [1.165, 1.54) is 34.9 Å². The van der Waals surface area contributed by atoms with Crippen LogP contribution in [0.2, 0.25) is 0 Å². The van der Waals surface area contributed by atoms with Crippen molar-refractivity contribution in [3.05, 3.63) is 111 Å². The summed E-state index contributed by atoms with van der Waals surface area (Å²) in [5, 5.41) is 12.3. The summed E-state index contributed by atoms with van der Waals surface area (Å²) in [5.74, 6) is -0.952. The predicted molar refractivity (Wildman–Crippen MR) is 125 cm³/mol. The van der Waals surface area contributed by atoms with E-state index < -0.39 is 17.3 Å². The number of amides is 1. The van der Waals surface area contributed by atoms with Gasteiger partial charge in [-0.2, -0.15) is 10.2 Å². The van der Waals surface area contributed by atoms with E-state index in [1.54, 1.807) is 19.1 Å². The Morgan fingerprint density at radius 2 is 1.88 bits per heavy atom. The summed E-state index contributed by atoms with van der Waals surface area (Å²) in [5.41, 5.74) is 1.05. The molecule has 0 aliphatic rings. The van der Waals surface area contributed by atoms with Crippen LogP contribution in [-0.4, -0.2) is 15.3 Å². The Kier molecular flexibility index (Phi) is 6.46. The summed E-state index contributed by atoms with van der Waals surface area (Å²) < 4.78 is 20.4. The fourth-order valence-corrected chi connectivity index (χ4v) is 3.27. The van der Waals surface area contributed by atoms with E-state index in [2.05, 4.69) is 10.3 Å². The minimum absolute atomic E-state index is 0.0844. The van der Waals surface area contributed by atoms with Gasteiger partial charge in [0.2, 0.25) is 5.88 Å². The van der Waals surface area contributed by atoms with Crippen molar-refractivity contribution in [3.63, 3.8) is 0 Å². The van der Waals surface area contributed by atoms with Gasteiger partial charge in [0.25, 0.3) is 11.5 Å². The lowest BCUT2D eigenvalue weighted by atomic mass is 10.1. The molecule has 0 saturated carbocycles. The van der Waals surface area contributed by atoms with Gasteiger partial charge in [-0.05, 0) is 54.5 Å². The van der Waals surface area contributed by atoms with Crippen molar-refractivity contribution in [1.29, 1.82) is 5.26 Å². The van der Waals surface area contributed by atoms with Crippen LogP contribution in [0.15, 0.2) is 83.3 Å². The fourth-order valence-electron chi connectivity index (χ4n) is 3.27. The maximum Gasteiger partial charge on any atom is 0.269 e. The highest BCUT2D eigenvalue weighted by Gasteiger charge is 2.18. The fraction of sp³-hybridized carbons (Fsp3) is 0.0769. The molecule has 2 heterocycles. The SMILES string of the molecule is Cc1cccn2c(=O)c(/C=C(\C#N)C(=O)NCc3ccccc3)c(Oc3ccc(F)cc3)nc12. The van der Waals surface area contributed by atoms with E-state index in [0.717, 1.165) is 17.2 Å². The molecule has 34 heavy (non-hydrogen) atoms. The molecule has 2 aromatic heterocycles. The van der Waals surface area contributed by atoms with Gasteiger partial charge in [-0.3, -0.25) is 14.0 Å². The van der Waals surface area contributed by atoms with Crippen LogP contribution in [0.4, 0.5) is 4.39 Å². The van der Waals surface area contributed by atoms with Gasteiger partial charge >= 0.3 is 0 Å². The van der Waals surface area contributed by atoms with Crippen molar-refractivity contribution < 1.29 is 13.9 Å². The highest BCUT2D eigenvalue weighted by molar-refractivity contribution is 6.01. The average Bonchev–Trinajstić information content (AvgIpc) is 2.85. The Hall–Kier alpha value is -4.77. The molecule has 0 aliphatic carbocycles. The van der Waals surface area contributed by atoms with Crippen LogP contribution in [0.5, 0.6) is 11.6 Å². The Balaban J connectivity index is 1.77. The number of carbonyl (C=O) groups excluding carboxylic acids is 1. The van der Waals surface area contributed by atoms with E-state index in [1.807, 2.05) is 36.4 Å². The zero-order chi connectivity index (χ0) is 24.1. The van der Waals surface area contributed by atoms with Crippen LogP contribution < -0.4 is 15.6 Å². The number of ether oxygens (including phenoxy) is 1. The summed E-state index contributed by atoms with van der Waals surface area (Å²) >= 11 is 0. The molecule has 0 spiro atoms. The molecule has 168 valence electrons. The molecule has 0 aliphatic heterocycles. The smallest absolute Gasteiger partial charge is 0.269 e. The molecule has 4 rings (SSSR count). The third-order valence-electron chi connectivity index (χ3n) is 5.03. The van der Waals surface area contributed by atoms with E-state index >= 15 is 0 Å². The van der Waals surface area contributed by atoms with Crippen LogP contribution in [-0.2, 0) is 11.3 Å². The van der Waals surface area contributed by atoms with E-state index in [4.69, 9.17) is 4.74 Å². The first-order valence-electron chi connectivity index (χ1n) is 10.4. The summed E-state index contributed by atoms with van der Waals surface area (Å²) in [6.45, 7) is 2.00. The molecule has 0 radical (unpaired) electrons. The monoisotopic (exact) mass is 454 g/mol. The lowest BCUT2D eigenvalue weighted by Crippen LogP contribution is -2.25. The standard InChI is InChI=1S/C26H19FN4O3/c1-17-6-5-13-31-23(17)30-25(34-21-11-9-20(27)10-12-21)22(26(31)33)14-19(15-28)24(32)29-16-18-7-3-2-4-8-18/h2-14H,16H2,1H3,(H,29,32)/b19-14+. The van der Waals surface area contributed by atoms with Crippen molar-refractivity contribution >= 4 is 17.6 Å². The van der Waals surface area contributed by atoms with Crippen molar-refractivity contribution in [1.82, 2.24) is 14.7 Å². The van der Waals surface area contributed by atoms with Crippen LogP contribution in [0.1, 0.15) is 16.7 Å². The normalized spacial score (nSPS) is 11.1. The number of rotatable bonds is 6. The first-order valence-corrected chi connectivity index (χ1v) is 10.4. The minimum Gasteiger partial charge on any atom is -0.438 e. The average molecular weight is 454 g/mol. The topological polar surface area (TPSA) is 96.5 Å². The zero-order valence-corrected chi connectivity index (χ0v) is 18.2. The van der Waals surface area contributed by atoms with Crippen molar-refractivity contribution in [2.75, 3.05) is 0 Å². The lowest BCUT2D eigenvalue weighted by Gasteiger charge is -2.11. The highest BCUT2D eigenvalue weighted by atomic mass is 19.1. The highest BCUT2D eigenvalue weighted by Crippen LogP contribution is 2.25. The second kappa shape index (κ2) is 9.79. The molecule has 2 aromatic carbocycles. The molecule has 0 atom stereocenters. The third-order valence-corrected chi connectivity index (χ3v) is 5.03. The quantitative estimate of drug-likeness (QED) is 0.349. The molecular weight excluding hydrogens is 435 g/mol. The molecule has 7 nitrogen and oxygen atoms in total. The minimum atomic E-state index is -0.646. The van der Waals surface area contributed by atoms with Crippen molar-refractivity contribution in [3.8, 4) is 17.7 Å². The second-order valence-corrected chi connectivity index (χ2v) is 7.41. The molecule has 8 heteroatoms. The Bertz CT molecular complexity index is 1490. The van der Waals surface area contributed by atoms with Gasteiger partial charge in [0.1, 0.15) is 34.4 Å². The van der Waals surface area contributed by atoms with Gasteiger partial charge in [0.05, 0.1) is 0 Å². The number of aryl methyl sites for hydroxylation is 1. The van der Waals surface area contributed by atoms with Crippen LogP contribution >= 0.6 is 0 Å². The number of nitrogens with zero attached hydrogens (tertiary/aromatic N) is 3. The van der Waals surface area contributed by atoms with E-state index in [0.29, 0.717) is 5.65 Å². The summed E-state index contributed by atoms with van der Waals surface area (Å²) in [6, 6.07) is 19.7. The molecule has 0 unspecified atom stereocenters. The first-order chi connectivity index (χ1) is 16.5. The molecular formula is C26H19FN4O3. The third kappa shape index (κ3) is 4.84. The van der Waals surface area contributed by atoms with Crippen LogP contribution in [0.3, 0.4) is 0 Å². The molecule has 0 fully saturated rings. The zero-order valence-electron chi connectivity index (χ0n) is 18.2. The van der Waals surface area contributed by atoms with Gasteiger partial charge in [-0.15, -0.1) is 0 Å². The molecule has 1 amide bonds. The number of nitriles is 1. The summed E-state index contributed by atoms with van der Waals surface area (Å²) in [7, 11) is 0. The van der Waals surface area contributed by atoms with Gasteiger partial charge in [-0.1, -0.05) is 36.4 Å². The summed E-state index contributed by atoms with van der Waals surface area (Å²) in [6.07, 6.45) is 2.70. The number of hydrogen-bond acceptors (Lipinski definition) is 5. The van der Waals surface area contributed by atoms with E-state index in [9.17, 15) is 19.2 Å². The number of carbonyl (C=O) groups is 1. The first kappa shape index (κ1) is 22.4. The summed E-state index contributed by atoms with van der Waals surface area (Å²) in [4.78, 5) is 30.4. The number of hydrogen-bond donors (Lipinski definition) is 1. The van der Waals surface area contributed by atoms with Gasteiger partial charge < -0.3 is 10.1 Å². The molecule has 0 saturated heterocycles. The second-order valence-electron chi connectivity index (χ2n) is 7.41. The van der Waals surface area contributed by atoms with E-state index in [-0.39, 0.29) is 29.3 Å². The van der Waals surface area contributed by atoms with Crippen LogP contribution in [0, 0.1) is 24.1 Å². The number of nitrogens with one attached hydrogen (secondary N) is 1. The van der Waals surface area contributed by atoms with Crippen LogP contribution in [0.25, 0.3) is 11.7 Å². The maximum absolute atomic E-state index is 13.3. The van der Waals surface area contributed by atoms with Crippen molar-refractivity contribution in [2.45, 2.75) is 13.5 Å². The lowest BCUT2D eigenvalue weighted by molar-refractivity contribution is -0.117. The number of aromatic nitrogens is 2. The Morgan fingerprint density at radius 1 is 1.15 bits per heavy atom. The largest absolute Gasteiger partial charge is 0.438 e.